The Kier molecular flexibility index (Phi) is 16.6. The fraction of sp³-hybridized carbons (Fsp3) is 0.532. The summed E-state index contributed by atoms with van der Waals surface area (Å²) in [4.78, 5) is 22.8. The van der Waals surface area contributed by atoms with Crippen LogP contribution in [-0.4, -0.2) is 47.2 Å². The van der Waals surface area contributed by atoms with E-state index in [1.807, 2.05) is 0 Å². The highest BCUT2D eigenvalue weighted by molar-refractivity contribution is 5.90. The van der Waals surface area contributed by atoms with Gasteiger partial charge in [0.2, 0.25) is 0 Å². The summed E-state index contributed by atoms with van der Waals surface area (Å²) in [6.45, 7) is 2.16. The number of hydrogen-bond acceptors (Lipinski definition) is 4. The van der Waals surface area contributed by atoms with Gasteiger partial charge in [0.25, 0.3) is 0 Å². The van der Waals surface area contributed by atoms with E-state index in [0.717, 1.165) is 94.2 Å². The van der Waals surface area contributed by atoms with Gasteiger partial charge in [0.05, 0.1) is 5.92 Å². The van der Waals surface area contributed by atoms with E-state index in [-0.39, 0.29) is 52.3 Å². The molecule has 3 fully saturated rings. The van der Waals surface area contributed by atoms with Crippen molar-refractivity contribution in [2.75, 3.05) is 0 Å². The predicted molar refractivity (Wildman–Crippen MR) is 217 cm³/mol. The van der Waals surface area contributed by atoms with E-state index in [4.69, 9.17) is 5.11 Å². The lowest BCUT2D eigenvalue weighted by Crippen LogP contribution is -2.56. The van der Waals surface area contributed by atoms with E-state index >= 15 is 8.78 Å². The van der Waals surface area contributed by atoms with Crippen molar-refractivity contribution in [1.82, 2.24) is 0 Å². The molecule has 4 aromatic rings. The molecule has 0 bridgehead atoms. The Morgan fingerprint density at radius 3 is 1.71 bits per heavy atom. The molecule has 63 heavy (non-hydrogen) atoms. The monoisotopic (exact) mass is 902 g/mol. The highest BCUT2D eigenvalue weighted by Gasteiger charge is 2.59. The number of hydrogen-bond donors (Lipinski definition) is 2. The molecular weight excluding hydrogens is 850 g/mol. The summed E-state index contributed by atoms with van der Waals surface area (Å²) in [5, 5.41) is 19.0. The van der Waals surface area contributed by atoms with Crippen molar-refractivity contribution in [1.29, 1.82) is 0 Å². The Hall–Kier alpha value is -4.76. The van der Waals surface area contributed by atoms with E-state index < -0.39 is 65.6 Å². The van der Waals surface area contributed by atoms with Gasteiger partial charge < -0.3 is 19.7 Å². The largest absolute Gasteiger partial charge is 0.573 e. The number of halogens is 10. The van der Waals surface area contributed by atoms with E-state index in [9.17, 15) is 49.8 Å². The quantitative estimate of drug-likeness (QED) is 0.122. The first-order chi connectivity index (χ1) is 29.7. The fourth-order valence-corrected chi connectivity index (χ4v) is 9.46. The van der Waals surface area contributed by atoms with Crippen LogP contribution in [0.3, 0.4) is 0 Å². The maximum Gasteiger partial charge on any atom is 0.573 e. The van der Waals surface area contributed by atoms with E-state index in [1.54, 1.807) is 18.2 Å². The zero-order valence-electron chi connectivity index (χ0n) is 34.7. The molecule has 0 saturated heterocycles. The molecule has 2 N–H and O–H groups in total. The SMILES string of the molecule is CCCCCC1CCC(C2CC(F)C(C(=O)O)(c3ccc4c(F)c(OC(F)(F)F)ccc4c3)C(F)C2)CC1.Fc1c(OC(F)(F)F)ccc2ccccc12.O=C(O)C1CCCCC1. The van der Waals surface area contributed by atoms with Gasteiger partial charge >= 0.3 is 24.7 Å². The molecule has 346 valence electrons. The van der Waals surface area contributed by atoms with Crippen LogP contribution < -0.4 is 9.47 Å². The number of benzene rings is 4. The summed E-state index contributed by atoms with van der Waals surface area (Å²) < 4.78 is 141. The van der Waals surface area contributed by atoms with Crippen LogP contribution in [0, 0.1) is 35.3 Å². The Morgan fingerprint density at radius 2 is 1.21 bits per heavy atom. The highest BCUT2D eigenvalue weighted by atomic mass is 19.4. The van der Waals surface area contributed by atoms with Crippen LogP contribution >= 0.6 is 0 Å². The molecule has 3 saturated carbocycles. The molecule has 7 rings (SSSR count). The number of rotatable bonds is 10. The molecule has 0 aromatic heterocycles. The molecule has 0 aliphatic heterocycles. The maximum atomic E-state index is 15.9. The third-order valence-corrected chi connectivity index (χ3v) is 12.8. The fourth-order valence-electron chi connectivity index (χ4n) is 9.46. The first-order valence-corrected chi connectivity index (χ1v) is 21.4. The summed E-state index contributed by atoms with van der Waals surface area (Å²) in [5.41, 5.74) is -2.64. The van der Waals surface area contributed by atoms with Gasteiger partial charge in [-0.05, 0) is 90.8 Å². The van der Waals surface area contributed by atoms with Crippen molar-refractivity contribution in [3.05, 3.63) is 83.9 Å². The number of carboxylic acid groups (broad SMARTS) is 2. The lowest BCUT2D eigenvalue weighted by atomic mass is 9.60. The minimum atomic E-state index is -5.10. The second kappa shape index (κ2) is 21.3. The molecule has 3 aliphatic rings. The van der Waals surface area contributed by atoms with Crippen LogP contribution in [0.2, 0.25) is 0 Å². The Bertz CT molecular complexity index is 2130. The van der Waals surface area contributed by atoms with Crippen LogP contribution in [0.15, 0.2) is 66.7 Å². The average Bonchev–Trinajstić information content (AvgIpc) is 3.23. The van der Waals surface area contributed by atoms with Crippen LogP contribution in [0.4, 0.5) is 43.9 Å². The summed E-state index contributed by atoms with van der Waals surface area (Å²) >= 11 is 0. The third kappa shape index (κ3) is 12.5. The summed E-state index contributed by atoms with van der Waals surface area (Å²) in [7, 11) is 0. The lowest BCUT2D eigenvalue weighted by Gasteiger charge is -2.45. The molecule has 6 nitrogen and oxygen atoms in total. The van der Waals surface area contributed by atoms with Gasteiger partial charge in [-0.3, -0.25) is 9.59 Å². The summed E-state index contributed by atoms with van der Waals surface area (Å²) in [6.07, 6.45) is -0.352. The van der Waals surface area contributed by atoms with Gasteiger partial charge in [-0.1, -0.05) is 113 Å². The maximum absolute atomic E-state index is 15.9. The van der Waals surface area contributed by atoms with Crippen LogP contribution in [0.1, 0.15) is 109 Å². The number of carbonyl (C=O) groups is 2. The minimum absolute atomic E-state index is 0.0260. The number of alkyl halides is 8. The highest BCUT2D eigenvalue weighted by Crippen LogP contribution is 2.51. The van der Waals surface area contributed by atoms with Crippen molar-refractivity contribution in [2.45, 2.75) is 134 Å². The molecule has 4 aromatic carbocycles. The van der Waals surface area contributed by atoms with Crippen molar-refractivity contribution in [3.63, 3.8) is 0 Å². The van der Waals surface area contributed by atoms with Gasteiger partial charge in [0.15, 0.2) is 28.5 Å². The molecule has 2 unspecified atom stereocenters. The number of carboxylic acids is 2. The lowest BCUT2D eigenvalue weighted by molar-refractivity contribution is -0.276. The first kappa shape index (κ1) is 49.3. The molecule has 2 atom stereocenters. The normalized spacial score (nSPS) is 24.4. The molecule has 0 spiro atoms. The summed E-state index contributed by atoms with van der Waals surface area (Å²) in [6, 6.07) is 13.7. The molecule has 0 amide bonds. The Morgan fingerprint density at radius 1 is 0.667 bits per heavy atom. The third-order valence-electron chi connectivity index (χ3n) is 12.8. The number of aliphatic carboxylic acids is 2. The second-order valence-electron chi connectivity index (χ2n) is 16.8. The van der Waals surface area contributed by atoms with Crippen LogP contribution in [0.5, 0.6) is 11.5 Å². The molecule has 0 radical (unpaired) electrons. The first-order valence-electron chi connectivity index (χ1n) is 21.4. The topological polar surface area (TPSA) is 93.1 Å². The zero-order valence-corrected chi connectivity index (χ0v) is 34.7. The molecule has 16 heteroatoms. The van der Waals surface area contributed by atoms with E-state index in [0.29, 0.717) is 11.3 Å². The van der Waals surface area contributed by atoms with Gasteiger partial charge in [-0.25, -0.2) is 17.6 Å². The minimum Gasteiger partial charge on any atom is -0.481 e. The van der Waals surface area contributed by atoms with Crippen molar-refractivity contribution >= 4 is 33.5 Å². The van der Waals surface area contributed by atoms with Gasteiger partial charge in [0, 0.05) is 10.8 Å². The Labute approximate surface area is 358 Å². The Balaban J connectivity index is 0.000000242. The smallest absolute Gasteiger partial charge is 0.481 e. The molecule has 3 aliphatic carbocycles. The number of fused-ring (bicyclic) bond motifs is 2. The van der Waals surface area contributed by atoms with Crippen molar-refractivity contribution in [2.24, 2.45) is 23.7 Å². The van der Waals surface area contributed by atoms with Gasteiger partial charge in [-0.15, -0.1) is 26.3 Å². The van der Waals surface area contributed by atoms with Crippen LogP contribution in [-0.2, 0) is 15.0 Å². The zero-order chi connectivity index (χ0) is 46.1. The van der Waals surface area contributed by atoms with Crippen LogP contribution in [0.25, 0.3) is 21.5 Å². The van der Waals surface area contributed by atoms with Gasteiger partial charge in [-0.2, -0.15) is 0 Å². The van der Waals surface area contributed by atoms with Crippen molar-refractivity contribution < 1.29 is 73.2 Å². The van der Waals surface area contributed by atoms with E-state index in [1.165, 1.54) is 37.8 Å². The number of ether oxygens (including phenoxy) is 2. The predicted octanol–water partition coefficient (Wildman–Crippen LogP) is 14.2. The van der Waals surface area contributed by atoms with Gasteiger partial charge in [0.1, 0.15) is 12.3 Å². The van der Waals surface area contributed by atoms with Crippen molar-refractivity contribution in [3.8, 4) is 11.5 Å². The summed E-state index contributed by atoms with van der Waals surface area (Å²) in [5.74, 6) is -5.90. The molecular formula is C47H52F10O6. The van der Waals surface area contributed by atoms with E-state index in [2.05, 4.69) is 16.4 Å². The number of unbranched alkanes of at least 4 members (excludes halogenated alkanes) is 2. The standard InChI is InChI=1S/C29H34F6O3.C11H6F4O.C7H12O2/c1-2-3-4-5-17-6-8-18(9-7-17)20-15-24(30)28(27(36)37,25(31)16-20)21-11-12-22-19(14-21)10-13-23(26(22)32)38-29(33,34)35;12-10-8-4-2-1-3-7(8)5-6-9(10)16-11(13,14)15;8-7(9)6-4-2-1-3-5-6/h10-14,17-18,20,24-25H,2-9,15-16H2,1H3,(H,36,37);1-6H;6H,1-5H2,(H,8,9). The average molecular weight is 903 g/mol. The second-order valence-corrected chi connectivity index (χ2v) is 16.8. The molecule has 0 heterocycles.